The summed E-state index contributed by atoms with van der Waals surface area (Å²) in [4.78, 5) is 29.1. The second-order valence-corrected chi connectivity index (χ2v) is 7.10. The Kier molecular flexibility index (Phi) is 8.34. The van der Waals surface area contributed by atoms with Crippen LogP contribution in [0.5, 0.6) is 0 Å². The van der Waals surface area contributed by atoms with Gasteiger partial charge in [0.2, 0.25) is 11.8 Å². The molecule has 2 atom stereocenters. The zero-order valence-electron chi connectivity index (χ0n) is 14.7. The third-order valence-corrected chi connectivity index (χ3v) is 4.86. The van der Waals surface area contributed by atoms with Crippen molar-refractivity contribution in [3.05, 3.63) is 0 Å². The van der Waals surface area contributed by atoms with Gasteiger partial charge < -0.3 is 15.1 Å². The lowest BCUT2D eigenvalue weighted by Gasteiger charge is -2.40. The molecular weight excluding hydrogens is 314 g/mol. The summed E-state index contributed by atoms with van der Waals surface area (Å²) in [5, 5.41) is 3.28. The van der Waals surface area contributed by atoms with Crippen LogP contribution >= 0.6 is 12.4 Å². The Bertz CT molecular complexity index is 403. The molecular formula is C17H32ClN3O2. The Labute approximate surface area is 146 Å². The quantitative estimate of drug-likeness (QED) is 0.829. The number of likely N-dealkylation sites (tertiary alicyclic amines) is 2. The van der Waals surface area contributed by atoms with Crippen molar-refractivity contribution in [3.63, 3.8) is 0 Å². The number of piperidine rings is 2. The largest absolute Gasteiger partial charge is 0.339 e. The van der Waals surface area contributed by atoms with E-state index in [-0.39, 0.29) is 30.3 Å². The zero-order chi connectivity index (χ0) is 16.1. The topological polar surface area (TPSA) is 52.7 Å². The van der Waals surface area contributed by atoms with E-state index in [1.807, 2.05) is 16.8 Å². The van der Waals surface area contributed by atoms with Crippen LogP contribution in [0, 0.1) is 5.92 Å². The minimum absolute atomic E-state index is 0. The summed E-state index contributed by atoms with van der Waals surface area (Å²) >= 11 is 0. The molecule has 0 saturated carbocycles. The fourth-order valence-electron chi connectivity index (χ4n) is 3.59. The van der Waals surface area contributed by atoms with Gasteiger partial charge in [-0.2, -0.15) is 0 Å². The number of carbonyl (C=O) groups excluding carboxylic acids is 2. The van der Waals surface area contributed by atoms with Crippen LogP contribution in [0.25, 0.3) is 0 Å². The van der Waals surface area contributed by atoms with E-state index in [9.17, 15) is 9.59 Å². The molecule has 134 valence electrons. The van der Waals surface area contributed by atoms with Crippen LogP contribution in [0.3, 0.4) is 0 Å². The molecule has 2 amide bonds. The lowest BCUT2D eigenvalue weighted by Crippen LogP contribution is -2.56. The van der Waals surface area contributed by atoms with E-state index in [4.69, 9.17) is 0 Å². The number of likely N-dealkylation sites (N-methyl/N-ethyl adjacent to an activating group) is 1. The van der Waals surface area contributed by atoms with Crippen molar-refractivity contribution in [1.29, 1.82) is 0 Å². The standard InChI is InChI=1S/C17H31N3O2.ClH/c1-13(2)11-15(20-10-5-4-8-16(20)21)17(22)19-9-6-7-14(12-19)18-3;/h13-15,18H,4-12H2,1-3H3;1H. The maximum absolute atomic E-state index is 13.0. The molecule has 2 unspecified atom stereocenters. The number of halogens is 1. The monoisotopic (exact) mass is 345 g/mol. The van der Waals surface area contributed by atoms with Crippen molar-refractivity contribution in [2.75, 3.05) is 26.7 Å². The highest BCUT2D eigenvalue weighted by Gasteiger charge is 2.35. The zero-order valence-corrected chi connectivity index (χ0v) is 15.5. The van der Waals surface area contributed by atoms with E-state index in [2.05, 4.69) is 19.2 Å². The van der Waals surface area contributed by atoms with Crippen LogP contribution in [0.2, 0.25) is 0 Å². The molecule has 2 rings (SSSR count). The molecule has 0 aromatic carbocycles. The normalized spacial score (nSPS) is 23.7. The predicted molar refractivity (Wildman–Crippen MR) is 94.7 cm³/mol. The molecule has 0 bridgehead atoms. The number of rotatable bonds is 5. The van der Waals surface area contributed by atoms with Gasteiger partial charge in [0.15, 0.2) is 0 Å². The Balaban J connectivity index is 0.00000264. The van der Waals surface area contributed by atoms with E-state index in [1.165, 1.54) is 0 Å². The van der Waals surface area contributed by atoms with Crippen LogP contribution < -0.4 is 5.32 Å². The average Bonchev–Trinajstić information content (AvgIpc) is 2.52. The van der Waals surface area contributed by atoms with Crippen LogP contribution in [-0.2, 0) is 9.59 Å². The molecule has 2 saturated heterocycles. The van der Waals surface area contributed by atoms with E-state index < -0.39 is 0 Å². The van der Waals surface area contributed by atoms with Crippen LogP contribution in [0.15, 0.2) is 0 Å². The molecule has 0 radical (unpaired) electrons. The van der Waals surface area contributed by atoms with E-state index in [0.717, 1.165) is 51.7 Å². The summed E-state index contributed by atoms with van der Waals surface area (Å²) in [6.45, 7) is 6.59. The maximum Gasteiger partial charge on any atom is 0.245 e. The molecule has 5 nitrogen and oxygen atoms in total. The predicted octanol–water partition coefficient (Wildman–Crippen LogP) is 2.05. The van der Waals surface area contributed by atoms with Crippen molar-refractivity contribution in [1.82, 2.24) is 15.1 Å². The van der Waals surface area contributed by atoms with Crippen molar-refractivity contribution in [2.24, 2.45) is 5.92 Å². The van der Waals surface area contributed by atoms with Gasteiger partial charge in [0, 0.05) is 32.1 Å². The van der Waals surface area contributed by atoms with Crippen molar-refractivity contribution in [2.45, 2.75) is 64.5 Å². The smallest absolute Gasteiger partial charge is 0.245 e. The minimum Gasteiger partial charge on any atom is -0.339 e. The first-order chi connectivity index (χ1) is 10.5. The summed E-state index contributed by atoms with van der Waals surface area (Å²) in [5.74, 6) is 0.727. The first-order valence-electron chi connectivity index (χ1n) is 8.78. The molecule has 6 heteroatoms. The fraction of sp³-hybridized carbons (Fsp3) is 0.882. The summed E-state index contributed by atoms with van der Waals surface area (Å²) in [7, 11) is 1.96. The fourth-order valence-corrected chi connectivity index (χ4v) is 3.59. The van der Waals surface area contributed by atoms with E-state index >= 15 is 0 Å². The molecule has 0 spiro atoms. The Morgan fingerprint density at radius 1 is 1.26 bits per heavy atom. The van der Waals surface area contributed by atoms with E-state index in [1.54, 1.807) is 0 Å². The Morgan fingerprint density at radius 3 is 2.61 bits per heavy atom. The second kappa shape index (κ2) is 9.48. The van der Waals surface area contributed by atoms with Gasteiger partial charge in [0.1, 0.15) is 6.04 Å². The molecule has 2 aliphatic heterocycles. The minimum atomic E-state index is -0.261. The van der Waals surface area contributed by atoms with Gasteiger partial charge in [0.25, 0.3) is 0 Å². The molecule has 0 aliphatic carbocycles. The van der Waals surface area contributed by atoms with Gasteiger partial charge in [-0.1, -0.05) is 13.8 Å². The van der Waals surface area contributed by atoms with Gasteiger partial charge in [-0.3, -0.25) is 9.59 Å². The number of nitrogens with zero attached hydrogens (tertiary/aromatic N) is 2. The Hall–Kier alpha value is -0.810. The SMILES string of the molecule is CNC1CCCN(C(=O)C(CC(C)C)N2CCCCC2=O)C1.Cl. The molecule has 1 N–H and O–H groups in total. The average molecular weight is 346 g/mol. The summed E-state index contributed by atoms with van der Waals surface area (Å²) < 4.78 is 0. The third kappa shape index (κ3) is 5.35. The second-order valence-electron chi connectivity index (χ2n) is 7.10. The van der Waals surface area contributed by atoms with Gasteiger partial charge in [-0.25, -0.2) is 0 Å². The number of carbonyl (C=O) groups is 2. The number of amides is 2. The maximum atomic E-state index is 13.0. The first-order valence-corrected chi connectivity index (χ1v) is 8.78. The molecule has 2 fully saturated rings. The van der Waals surface area contributed by atoms with Crippen LogP contribution in [0.4, 0.5) is 0 Å². The highest BCUT2D eigenvalue weighted by Crippen LogP contribution is 2.22. The summed E-state index contributed by atoms with van der Waals surface area (Å²) in [5.41, 5.74) is 0. The number of hydrogen-bond acceptors (Lipinski definition) is 3. The highest BCUT2D eigenvalue weighted by atomic mass is 35.5. The number of nitrogens with one attached hydrogen (secondary N) is 1. The van der Waals surface area contributed by atoms with Gasteiger partial charge in [-0.15, -0.1) is 12.4 Å². The summed E-state index contributed by atoms with van der Waals surface area (Å²) in [6, 6.07) is 0.123. The lowest BCUT2D eigenvalue weighted by atomic mass is 9.97. The molecule has 0 aromatic rings. The Morgan fingerprint density at radius 2 is 2.00 bits per heavy atom. The van der Waals surface area contributed by atoms with Gasteiger partial charge in [-0.05, 0) is 45.1 Å². The van der Waals surface area contributed by atoms with Crippen molar-refractivity contribution in [3.8, 4) is 0 Å². The highest BCUT2D eigenvalue weighted by molar-refractivity contribution is 5.88. The molecule has 23 heavy (non-hydrogen) atoms. The van der Waals surface area contributed by atoms with Gasteiger partial charge >= 0.3 is 0 Å². The van der Waals surface area contributed by atoms with Gasteiger partial charge in [0.05, 0.1) is 0 Å². The van der Waals surface area contributed by atoms with Crippen LogP contribution in [-0.4, -0.2) is 60.4 Å². The lowest BCUT2D eigenvalue weighted by molar-refractivity contribution is -0.149. The molecule has 0 aromatic heterocycles. The first kappa shape index (κ1) is 20.2. The van der Waals surface area contributed by atoms with E-state index in [0.29, 0.717) is 18.4 Å². The number of hydrogen-bond donors (Lipinski definition) is 1. The summed E-state index contributed by atoms with van der Waals surface area (Å²) in [6.07, 6.45) is 5.51. The van der Waals surface area contributed by atoms with Crippen molar-refractivity contribution >= 4 is 24.2 Å². The van der Waals surface area contributed by atoms with Crippen LogP contribution in [0.1, 0.15) is 52.4 Å². The van der Waals surface area contributed by atoms with Crippen molar-refractivity contribution < 1.29 is 9.59 Å². The third-order valence-electron chi connectivity index (χ3n) is 4.86. The molecule has 2 heterocycles. The molecule has 2 aliphatic rings.